The number of aromatic nitrogens is 2. The number of fused-ring (bicyclic) bond motifs is 1. The molecule has 2 aromatic heterocycles. The number of halogens is 8. The van der Waals surface area contributed by atoms with Gasteiger partial charge < -0.3 is 0 Å². The Morgan fingerprint density at radius 3 is 2.27 bits per heavy atom. The van der Waals surface area contributed by atoms with E-state index in [1.54, 1.807) is 28.8 Å². The number of rotatable bonds is 4. The summed E-state index contributed by atoms with van der Waals surface area (Å²) >= 11 is 10.9. The number of hydrogen-bond acceptors (Lipinski definition) is 2. The summed E-state index contributed by atoms with van der Waals surface area (Å²) in [5.41, 5.74) is -0.517. The average Bonchev–Trinajstić information content (AvgIpc) is 3.03. The van der Waals surface area contributed by atoms with E-state index in [9.17, 15) is 26.3 Å². The standard InChI is InChI=1S/C22H12BrClF6N2S/c23-19-15-6-1-2-7-17(15)32(20-16(24)9-13(10-31-20)22(28,29)30)18(19)11-33-14-5-3-4-12(8-14)21(25,26)27/h1-10H,11H2. The van der Waals surface area contributed by atoms with Crippen LogP contribution in [0.1, 0.15) is 16.8 Å². The molecule has 2 heterocycles. The normalized spacial score (nSPS) is 12.5. The van der Waals surface area contributed by atoms with E-state index in [1.807, 2.05) is 6.07 Å². The van der Waals surface area contributed by atoms with Crippen molar-refractivity contribution in [1.29, 1.82) is 0 Å². The molecule has 0 spiro atoms. The topological polar surface area (TPSA) is 17.8 Å². The van der Waals surface area contributed by atoms with E-state index in [-0.39, 0.29) is 16.6 Å². The monoisotopic (exact) mass is 564 g/mol. The van der Waals surface area contributed by atoms with Crippen molar-refractivity contribution >= 4 is 50.2 Å². The molecule has 4 rings (SSSR count). The number of thioether (sulfide) groups is 1. The summed E-state index contributed by atoms with van der Waals surface area (Å²) in [5.74, 6) is 0.293. The van der Waals surface area contributed by atoms with Crippen molar-refractivity contribution in [3.63, 3.8) is 0 Å². The second kappa shape index (κ2) is 8.88. The van der Waals surface area contributed by atoms with Crippen LogP contribution >= 0.6 is 39.3 Å². The first-order valence-electron chi connectivity index (χ1n) is 9.28. The summed E-state index contributed by atoms with van der Waals surface area (Å²) in [5, 5.41) is 0.554. The molecule has 0 saturated carbocycles. The average molecular weight is 566 g/mol. The van der Waals surface area contributed by atoms with E-state index in [1.165, 1.54) is 6.07 Å². The van der Waals surface area contributed by atoms with E-state index < -0.39 is 23.5 Å². The quantitative estimate of drug-likeness (QED) is 0.182. The van der Waals surface area contributed by atoms with Crippen LogP contribution in [0.2, 0.25) is 5.02 Å². The Balaban J connectivity index is 1.79. The minimum atomic E-state index is -4.60. The third kappa shape index (κ3) is 4.88. The van der Waals surface area contributed by atoms with Gasteiger partial charge in [-0.15, -0.1) is 11.8 Å². The molecule has 0 unspecified atom stereocenters. The zero-order chi connectivity index (χ0) is 24.0. The molecule has 0 saturated heterocycles. The van der Waals surface area contributed by atoms with Crippen LogP contribution in [-0.2, 0) is 18.1 Å². The van der Waals surface area contributed by atoms with Crippen LogP contribution in [0, 0.1) is 0 Å². The lowest BCUT2D eigenvalue weighted by molar-refractivity contribution is -0.138. The van der Waals surface area contributed by atoms with Crippen molar-refractivity contribution in [1.82, 2.24) is 9.55 Å². The summed E-state index contributed by atoms with van der Waals surface area (Å²) in [6.45, 7) is 0. The molecule has 33 heavy (non-hydrogen) atoms. The zero-order valence-corrected chi connectivity index (χ0v) is 19.5. The number of hydrogen-bond donors (Lipinski definition) is 0. The summed E-state index contributed by atoms with van der Waals surface area (Å²) in [7, 11) is 0. The van der Waals surface area contributed by atoms with Gasteiger partial charge in [0.2, 0.25) is 0 Å². The minimum Gasteiger partial charge on any atom is -0.295 e. The van der Waals surface area contributed by atoms with E-state index in [2.05, 4.69) is 20.9 Å². The second-order valence-electron chi connectivity index (χ2n) is 6.95. The molecular weight excluding hydrogens is 554 g/mol. The predicted octanol–water partition coefficient (Wildman–Crippen LogP) is 8.77. The molecule has 2 nitrogen and oxygen atoms in total. The first-order chi connectivity index (χ1) is 15.5. The predicted molar refractivity (Wildman–Crippen MR) is 120 cm³/mol. The highest BCUT2D eigenvalue weighted by molar-refractivity contribution is 9.10. The van der Waals surface area contributed by atoms with Gasteiger partial charge in [0, 0.05) is 32.4 Å². The van der Waals surface area contributed by atoms with Crippen molar-refractivity contribution in [2.75, 3.05) is 0 Å². The lowest BCUT2D eigenvalue weighted by Gasteiger charge is -2.14. The molecule has 11 heteroatoms. The number of para-hydroxylation sites is 1. The molecule has 0 amide bonds. The molecule has 172 valence electrons. The molecule has 0 bridgehead atoms. The highest BCUT2D eigenvalue weighted by Gasteiger charge is 2.32. The fourth-order valence-corrected chi connectivity index (χ4v) is 5.34. The highest BCUT2D eigenvalue weighted by atomic mass is 79.9. The maximum atomic E-state index is 13.1. The Morgan fingerprint density at radius 2 is 1.61 bits per heavy atom. The van der Waals surface area contributed by atoms with Crippen molar-refractivity contribution in [2.24, 2.45) is 0 Å². The molecule has 0 atom stereocenters. The molecule has 0 radical (unpaired) electrons. The molecule has 0 aliphatic heterocycles. The zero-order valence-electron chi connectivity index (χ0n) is 16.3. The second-order valence-corrected chi connectivity index (χ2v) is 9.20. The fraction of sp³-hybridized carbons (Fsp3) is 0.136. The number of nitrogens with zero attached hydrogens (tertiary/aromatic N) is 2. The maximum absolute atomic E-state index is 13.1. The van der Waals surface area contributed by atoms with E-state index >= 15 is 0 Å². The van der Waals surface area contributed by atoms with Gasteiger partial charge >= 0.3 is 12.4 Å². The number of alkyl halides is 6. The summed E-state index contributed by atoms with van der Waals surface area (Å²) < 4.78 is 80.6. The Morgan fingerprint density at radius 1 is 0.909 bits per heavy atom. The Kier molecular flexibility index (Phi) is 6.45. The van der Waals surface area contributed by atoms with Crippen LogP contribution in [0.15, 0.2) is 70.2 Å². The van der Waals surface area contributed by atoms with Gasteiger partial charge in [0.25, 0.3) is 0 Å². The van der Waals surface area contributed by atoms with E-state index in [0.29, 0.717) is 26.8 Å². The number of benzene rings is 2. The first-order valence-corrected chi connectivity index (χ1v) is 11.4. The van der Waals surface area contributed by atoms with E-state index in [4.69, 9.17) is 11.6 Å². The Bertz CT molecular complexity index is 1330. The van der Waals surface area contributed by atoms with Gasteiger partial charge in [-0.25, -0.2) is 4.98 Å². The third-order valence-corrected chi connectivity index (χ3v) is 6.97. The van der Waals surface area contributed by atoms with Crippen LogP contribution < -0.4 is 0 Å². The third-order valence-electron chi connectivity index (χ3n) is 4.80. The van der Waals surface area contributed by atoms with Gasteiger partial charge in [-0.3, -0.25) is 4.57 Å². The van der Waals surface area contributed by atoms with E-state index in [0.717, 1.165) is 35.3 Å². The lowest BCUT2D eigenvalue weighted by Crippen LogP contribution is -2.09. The lowest BCUT2D eigenvalue weighted by atomic mass is 10.2. The van der Waals surface area contributed by atoms with Crippen LogP contribution in [0.3, 0.4) is 0 Å². The molecule has 0 aliphatic carbocycles. The largest absolute Gasteiger partial charge is 0.417 e. The van der Waals surface area contributed by atoms with Crippen LogP contribution in [0.5, 0.6) is 0 Å². The molecular formula is C22H12BrClF6N2S. The van der Waals surface area contributed by atoms with Crippen molar-refractivity contribution < 1.29 is 26.3 Å². The van der Waals surface area contributed by atoms with Crippen LogP contribution in [0.4, 0.5) is 26.3 Å². The van der Waals surface area contributed by atoms with Crippen molar-refractivity contribution in [3.8, 4) is 5.82 Å². The molecule has 2 aromatic carbocycles. The summed E-state index contributed by atoms with van der Waals surface area (Å²) in [6.07, 6.45) is -8.37. The smallest absolute Gasteiger partial charge is 0.295 e. The van der Waals surface area contributed by atoms with Crippen molar-refractivity contribution in [2.45, 2.75) is 23.0 Å². The van der Waals surface area contributed by atoms with Gasteiger partial charge in [-0.1, -0.05) is 35.9 Å². The van der Waals surface area contributed by atoms with Gasteiger partial charge in [0.15, 0.2) is 5.82 Å². The van der Waals surface area contributed by atoms with Crippen LogP contribution in [-0.4, -0.2) is 9.55 Å². The van der Waals surface area contributed by atoms with Gasteiger partial charge in [-0.05, 0) is 46.3 Å². The molecule has 4 aromatic rings. The molecule has 0 aliphatic rings. The van der Waals surface area contributed by atoms with Gasteiger partial charge in [0.1, 0.15) is 0 Å². The summed E-state index contributed by atoms with van der Waals surface area (Å²) in [6, 6.07) is 12.8. The molecule has 0 N–H and O–H groups in total. The Labute approximate surface area is 201 Å². The highest BCUT2D eigenvalue weighted by Crippen LogP contribution is 2.40. The first kappa shape index (κ1) is 24.0. The fourth-order valence-electron chi connectivity index (χ4n) is 3.29. The Hall–Kier alpha value is -2.17. The minimum absolute atomic E-state index is 0.0891. The number of pyridine rings is 1. The molecule has 0 fully saturated rings. The van der Waals surface area contributed by atoms with Crippen molar-refractivity contribution in [3.05, 3.63) is 87.1 Å². The summed E-state index contributed by atoms with van der Waals surface area (Å²) in [4.78, 5) is 4.36. The maximum Gasteiger partial charge on any atom is 0.417 e. The van der Waals surface area contributed by atoms with Gasteiger partial charge in [0.05, 0.1) is 21.7 Å². The van der Waals surface area contributed by atoms with Gasteiger partial charge in [-0.2, -0.15) is 26.3 Å². The van der Waals surface area contributed by atoms with Crippen LogP contribution in [0.25, 0.3) is 16.7 Å². The SMILES string of the molecule is FC(F)(F)c1cccc(SCc2c(Br)c3ccccc3n2-c2ncc(C(F)(F)F)cc2Cl)c1.